The first-order chi connectivity index (χ1) is 14.9. The van der Waals surface area contributed by atoms with Crippen molar-refractivity contribution in [3.05, 3.63) is 69.3 Å². The van der Waals surface area contributed by atoms with Gasteiger partial charge in [0.25, 0.3) is 0 Å². The number of hydrogen-bond donors (Lipinski definition) is 2. The van der Waals surface area contributed by atoms with E-state index < -0.39 is 6.10 Å². The summed E-state index contributed by atoms with van der Waals surface area (Å²) in [5, 5.41) is 17.2. The highest BCUT2D eigenvalue weighted by atomic mass is 35.5. The van der Waals surface area contributed by atoms with E-state index in [1.165, 1.54) is 22.7 Å². The van der Waals surface area contributed by atoms with Gasteiger partial charge in [-0.1, -0.05) is 17.7 Å². The second kappa shape index (κ2) is 9.32. The lowest BCUT2D eigenvalue weighted by molar-refractivity contribution is 0.198. The van der Waals surface area contributed by atoms with Crippen LogP contribution in [-0.2, 0) is 6.54 Å². The summed E-state index contributed by atoms with van der Waals surface area (Å²) >= 11 is 8.95. The lowest BCUT2D eigenvalue weighted by Gasteiger charge is -2.19. The second-order valence-electron chi connectivity index (χ2n) is 7.19. The summed E-state index contributed by atoms with van der Waals surface area (Å²) < 4.78 is 0. The molecule has 1 atom stereocenters. The number of nitrogens with zero attached hydrogens (tertiary/aromatic N) is 4. The lowest BCUT2D eigenvalue weighted by Crippen LogP contribution is -2.16. The molecule has 0 radical (unpaired) electrons. The molecule has 4 rings (SSSR count). The van der Waals surface area contributed by atoms with Crippen LogP contribution in [0.4, 0.5) is 16.6 Å². The Hall–Kier alpha value is -2.52. The summed E-state index contributed by atoms with van der Waals surface area (Å²) in [6, 6.07) is 11.8. The third-order valence-corrected chi connectivity index (χ3v) is 7.01. The first-order valence-corrected chi connectivity index (χ1v) is 11.8. The van der Waals surface area contributed by atoms with Crippen molar-refractivity contribution >= 4 is 50.9 Å². The predicted octanol–water partition coefficient (Wildman–Crippen LogP) is 6.06. The molecule has 0 bridgehead atoms. The van der Waals surface area contributed by atoms with E-state index in [1.807, 2.05) is 55.9 Å². The fourth-order valence-corrected chi connectivity index (χ4v) is 4.91. The Labute approximate surface area is 194 Å². The number of rotatable bonds is 7. The minimum Gasteiger partial charge on any atom is -0.386 e. The monoisotopic (exact) mass is 471 g/mol. The Morgan fingerprint density at radius 3 is 2.58 bits per heavy atom. The highest BCUT2D eigenvalue weighted by molar-refractivity contribution is 7.17. The first kappa shape index (κ1) is 21.7. The minimum atomic E-state index is -0.574. The van der Waals surface area contributed by atoms with E-state index >= 15 is 0 Å². The van der Waals surface area contributed by atoms with Crippen LogP contribution in [0.1, 0.15) is 29.3 Å². The molecule has 4 aromatic rings. The molecule has 0 fully saturated rings. The number of pyridine rings is 1. The molecule has 1 aromatic carbocycles. The zero-order chi connectivity index (χ0) is 22.0. The smallest absolute Gasteiger partial charge is 0.188 e. The molecule has 0 spiro atoms. The van der Waals surface area contributed by atoms with Gasteiger partial charge in [-0.3, -0.25) is 0 Å². The maximum atomic E-state index is 9.76. The normalized spacial score (nSPS) is 12.0. The van der Waals surface area contributed by atoms with Gasteiger partial charge in [0.2, 0.25) is 0 Å². The Morgan fingerprint density at radius 2 is 1.94 bits per heavy atom. The molecule has 160 valence electrons. The van der Waals surface area contributed by atoms with Crippen molar-refractivity contribution in [3.63, 3.8) is 0 Å². The van der Waals surface area contributed by atoms with Gasteiger partial charge in [-0.25, -0.2) is 15.0 Å². The number of aliphatic hydroxyl groups excluding tert-OH is 1. The number of thiazole rings is 2. The SMILES string of the molecule is Cc1nc([C@H](C)O)sc1-c1csc(Nc2ccc(CN(C)c3ccc(Cl)cc3)cn2)n1. The van der Waals surface area contributed by atoms with E-state index in [9.17, 15) is 5.11 Å². The summed E-state index contributed by atoms with van der Waals surface area (Å²) in [6.45, 7) is 4.40. The van der Waals surface area contributed by atoms with E-state index in [2.05, 4.69) is 31.2 Å². The Morgan fingerprint density at radius 1 is 1.16 bits per heavy atom. The van der Waals surface area contributed by atoms with E-state index in [1.54, 1.807) is 6.92 Å². The number of hydrogen-bond acceptors (Lipinski definition) is 8. The van der Waals surface area contributed by atoms with Crippen molar-refractivity contribution in [2.75, 3.05) is 17.3 Å². The van der Waals surface area contributed by atoms with Gasteiger partial charge in [0.15, 0.2) is 5.13 Å². The van der Waals surface area contributed by atoms with Crippen molar-refractivity contribution in [3.8, 4) is 10.6 Å². The maximum absolute atomic E-state index is 9.76. The molecule has 3 heterocycles. The minimum absolute atomic E-state index is 0.574. The van der Waals surface area contributed by atoms with Crippen molar-refractivity contribution in [2.45, 2.75) is 26.5 Å². The Kier molecular flexibility index (Phi) is 6.52. The molecule has 6 nitrogen and oxygen atoms in total. The van der Waals surface area contributed by atoms with E-state index in [4.69, 9.17) is 11.6 Å². The van der Waals surface area contributed by atoms with Gasteiger partial charge in [0, 0.05) is 35.9 Å². The summed E-state index contributed by atoms with van der Waals surface area (Å²) in [5.41, 5.74) is 3.94. The van der Waals surface area contributed by atoms with Crippen molar-refractivity contribution in [1.82, 2.24) is 15.0 Å². The summed E-state index contributed by atoms with van der Waals surface area (Å²) in [4.78, 5) is 16.7. The molecule has 9 heteroatoms. The molecular weight excluding hydrogens is 450 g/mol. The van der Waals surface area contributed by atoms with Crippen LogP contribution in [0, 0.1) is 6.92 Å². The number of anilines is 3. The molecule has 0 aliphatic carbocycles. The number of aryl methyl sites for hydroxylation is 1. The number of nitrogens with one attached hydrogen (secondary N) is 1. The average molecular weight is 472 g/mol. The quantitative estimate of drug-likeness (QED) is 0.341. The zero-order valence-electron chi connectivity index (χ0n) is 17.3. The number of aromatic nitrogens is 3. The third kappa shape index (κ3) is 5.22. The van der Waals surface area contributed by atoms with Crippen molar-refractivity contribution in [2.24, 2.45) is 0 Å². The van der Waals surface area contributed by atoms with Crippen LogP contribution in [0.25, 0.3) is 10.6 Å². The van der Waals surface area contributed by atoms with Crippen LogP contribution in [0.3, 0.4) is 0 Å². The number of aliphatic hydroxyl groups is 1. The molecule has 3 aromatic heterocycles. The first-order valence-electron chi connectivity index (χ1n) is 9.69. The standard InChI is InChI=1S/C22H22ClN5OS2/c1-13-20(31-21(25-13)14(2)29)18-12-30-22(26-18)27-19-9-4-15(10-24-19)11-28(3)17-7-5-16(23)6-8-17/h4-10,12,14,29H,11H2,1-3H3,(H,24,26,27)/t14-/m0/s1. The summed E-state index contributed by atoms with van der Waals surface area (Å²) in [6.07, 6.45) is 1.29. The summed E-state index contributed by atoms with van der Waals surface area (Å²) in [5.74, 6) is 0.740. The molecule has 0 unspecified atom stereocenters. The number of benzene rings is 1. The van der Waals surface area contributed by atoms with Gasteiger partial charge in [-0.2, -0.15) is 0 Å². The largest absolute Gasteiger partial charge is 0.386 e. The number of halogens is 1. The molecule has 0 aliphatic rings. The Balaban J connectivity index is 1.41. The lowest BCUT2D eigenvalue weighted by atomic mass is 10.2. The fraction of sp³-hybridized carbons (Fsp3) is 0.227. The highest BCUT2D eigenvalue weighted by Crippen LogP contribution is 2.34. The van der Waals surface area contributed by atoms with Crippen LogP contribution < -0.4 is 10.2 Å². The van der Waals surface area contributed by atoms with Crippen LogP contribution in [0.2, 0.25) is 5.02 Å². The van der Waals surface area contributed by atoms with Crippen LogP contribution in [0.5, 0.6) is 0 Å². The molecule has 0 saturated carbocycles. The van der Waals surface area contributed by atoms with Gasteiger partial charge >= 0.3 is 0 Å². The van der Waals surface area contributed by atoms with Gasteiger partial charge < -0.3 is 15.3 Å². The molecular formula is C22H22ClN5OS2. The van der Waals surface area contributed by atoms with Crippen LogP contribution in [0.15, 0.2) is 48.0 Å². The maximum Gasteiger partial charge on any atom is 0.188 e. The van der Waals surface area contributed by atoms with Gasteiger partial charge in [-0.05, 0) is 49.7 Å². The third-order valence-electron chi connectivity index (χ3n) is 4.65. The Bertz CT molecular complexity index is 1160. The van der Waals surface area contributed by atoms with E-state index in [0.29, 0.717) is 5.01 Å². The van der Waals surface area contributed by atoms with E-state index in [0.717, 1.165) is 50.0 Å². The van der Waals surface area contributed by atoms with Crippen LogP contribution >= 0.6 is 34.3 Å². The molecule has 0 aliphatic heterocycles. The predicted molar refractivity (Wildman–Crippen MR) is 130 cm³/mol. The fourth-order valence-electron chi connectivity index (χ4n) is 3.03. The summed E-state index contributed by atoms with van der Waals surface area (Å²) in [7, 11) is 2.04. The van der Waals surface area contributed by atoms with Crippen LogP contribution in [-0.4, -0.2) is 27.1 Å². The zero-order valence-corrected chi connectivity index (χ0v) is 19.7. The van der Waals surface area contributed by atoms with Gasteiger partial charge in [0.05, 0.1) is 16.3 Å². The average Bonchev–Trinajstić information content (AvgIpc) is 3.36. The van der Waals surface area contributed by atoms with E-state index in [-0.39, 0.29) is 0 Å². The van der Waals surface area contributed by atoms with Gasteiger partial charge in [0.1, 0.15) is 16.9 Å². The molecule has 0 amide bonds. The molecule has 2 N–H and O–H groups in total. The molecule has 31 heavy (non-hydrogen) atoms. The topological polar surface area (TPSA) is 74.2 Å². The molecule has 0 saturated heterocycles. The van der Waals surface area contributed by atoms with Crippen molar-refractivity contribution in [1.29, 1.82) is 0 Å². The van der Waals surface area contributed by atoms with Crippen molar-refractivity contribution < 1.29 is 5.11 Å². The second-order valence-corrected chi connectivity index (χ2v) is 9.51. The highest BCUT2D eigenvalue weighted by Gasteiger charge is 2.15. The van der Waals surface area contributed by atoms with Gasteiger partial charge in [-0.15, -0.1) is 22.7 Å².